The van der Waals surface area contributed by atoms with Crippen molar-refractivity contribution < 1.29 is 33.1 Å². The van der Waals surface area contributed by atoms with Crippen molar-refractivity contribution in [2.24, 2.45) is 0 Å². The van der Waals surface area contributed by atoms with Gasteiger partial charge in [0, 0.05) is 17.6 Å². The van der Waals surface area contributed by atoms with Gasteiger partial charge in [-0.3, -0.25) is 18.1 Å². The molecule has 11 nitrogen and oxygen atoms in total. The van der Waals surface area contributed by atoms with E-state index in [1.807, 2.05) is 0 Å². The molecule has 13 heteroatoms. The number of benzene rings is 1. The van der Waals surface area contributed by atoms with Crippen LogP contribution in [0.5, 0.6) is 0 Å². The number of halogens is 1. The van der Waals surface area contributed by atoms with Gasteiger partial charge < -0.3 is 20.7 Å². The first-order chi connectivity index (χ1) is 14.8. The minimum absolute atomic E-state index is 0.00843. The van der Waals surface area contributed by atoms with Crippen LogP contribution < -0.4 is 11.4 Å². The quantitative estimate of drug-likeness (QED) is 0.542. The highest BCUT2D eigenvalue weighted by Gasteiger charge is 2.46. The molecule has 0 aliphatic carbocycles. The van der Waals surface area contributed by atoms with E-state index in [2.05, 4.69) is 4.98 Å². The maximum absolute atomic E-state index is 12.9. The molecule has 31 heavy (non-hydrogen) atoms. The largest absolute Gasteiger partial charge is 0.475 e. The predicted molar refractivity (Wildman–Crippen MR) is 108 cm³/mol. The van der Waals surface area contributed by atoms with Crippen molar-refractivity contribution in [2.75, 3.05) is 18.9 Å². The van der Waals surface area contributed by atoms with E-state index in [0.29, 0.717) is 11.4 Å². The lowest BCUT2D eigenvalue weighted by atomic mass is 10.1. The van der Waals surface area contributed by atoms with Crippen LogP contribution in [0, 0.1) is 0 Å². The van der Waals surface area contributed by atoms with Gasteiger partial charge in [-0.25, -0.2) is 9.36 Å². The number of phosphoric ester groups is 1. The average Bonchev–Trinajstić information content (AvgIpc) is 3.01. The Morgan fingerprint density at radius 3 is 2.71 bits per heavy atom. The third-order valence-electron chi connectivity index (χ3n) is 4.99. The lowest BCUT2D eigenvalue weighted by Gasteiger charge is -2.29. The molecule has 2 saturated heterocycles. The Labute approximate surface area is 181 Å². The Kier molecular flexibility index (Phi) is 6.47. The van der Waals surface area contributed by atoms with E-state index in [4.69, 9.17) is 35.6 Å². The smallest absolute Gasteiger partial charge is 0.387 e. The second-order valence-corrected chi connectivity index (χ2v) is 9.16. The van der Waals surface area contributed by atoms with Gasteiger partial charge in [-0.1, -0.05) is 23.7 Å². The number of hydrogen-bond acceptors (Lipinski definition) is 10. The number of phosphoric acid groups is 1. The van der Waals surface area contributed by atoms with Crippen molar-refractivity contribution in [2.45, 2.75) is 37.1 Å². The zero-order valence-corrected chi connectivity index (χ0v) is 17.8. The lowest BCUT2D eigenvalue weighted by Crippen LogP contribution is -2.36. The van der Waals surface area contributed by atoms with Gasteiger partial charge in [-0.2, -0.15) is 4.98 Å². The van der Waals surface area contributed by atoms with Gasteiger partial charge in [0.1, 0.15) is 24.1 Å². The van der Waals surface area contributed by atoms with Crippen molar-refractivity contribution in [1.29, 1.82) is 0 Å². The van der Waals surface area contributed by atoms with E-state index in [1.54, 1.807) is 24.3 Å². The summed E-state index contributed by atoms with van der Waals surface area (Å²) in [6, 6.07) is 8.25. The van der Waals surface area contributed by atoms with Gasteiger partial charge >= 0.3 is 13.5 Å². The highest BCUT2D eigenvalue weighted by Crippen LogP contribution is 2.57. The summed E-state index contributed by atoms with van der Waals surface area (Å²) in [5.41, 5.74) is 5.47. The molecule has 0 amide bonds. The van der Waals surface area contributed by atoms with Crippen molar-refractivity contribution in [3.8, 4) is 0 Å². The molecular formula is C18H21ClN3O8P. The molecule has 2 aromatic rings. The number of nitrogens with two attached hydrogens (primary N) is 1. The molecule has 3 heterocycles. The third kappa shape index (κ3) is 4.84. The molecule has 168 valence electrons. The predicted octanol–water partition coefficient (Wildman–Crippen LogP) is 1.40. The molecule has 4 rings (SSSR count). The fourth-order valence-corrected chi connectivity index (χ4v) is 4.88. The Bertz CT molecular complexity index is 1040. The summed E-state index contributed by atoms with van der Waals surface area (Å²) in [5.74, 6) is 0.00843. The molecule has 0 saturated carbocycles. The zero-order chi connectivity index (χ0) is 22.2. The first-order valence-corrected chi connectivity index (χ1v) is 11.3. The molecule has 1 aromatic heterocycles. The summed E-state index contributed by atoms with van der Waals surface area (Å²) in [7, 11) is -3.96. The molecule has 1 unspecified atom stereocenters. The number of nitrogens with zero attached hydrogens (tertiary/aromatic N) is 2. The Balaban J connectivity index is 1.41. The summed E-state index contributed by atoms with van der Waals surface area (Å²) < 4.78 is 35.6. The molecule has 1 aromatic carbocycles. The van der Waals surface area contributed by atoms with Crippen LogP contribution in [0.15, 0.2) is 41.3 Å². The Hall–Kier alpha value is -1.82. The van der Waals surface area contributed by atoms with Crippen LogP contribution in [0.2, 0.25) is 5.02 Å². The fraction of sp³-hybridized carbons (Fsp3) is 0.444. The summed E-state index contributed by atoms with van der Waals surface area (Å²) in [4.78, 5) is 15.6. The van der Waals surface area contributed by atoms with Gasteiger partial charge in [-0.05, 0) is 23.8 Å². The van der Waals surface area contributed by atoms with Crippen LogP contribution in [0.25, 0.3) is 0 Å². The van der Waals surface area contributed by atoms with Crippen LogP contribution in [0.4, 0.5) is 5.82 Å². The van der Waals surface area contributed by atoms with Crippen molar-refractivity contribution in [3.63, 3.8) is 0 Å². The Morgan fingerprint density at radius 1 is 1.26 bits per heavy atom. The van der Waals surface area contributed by atoms with Gasteiger partial charge in [0.2, 0.25) is 0 Å². The standard InChI is InChI=1S/C18H21ClN3O8P/c19-11-3-1-10(2-4-11)12-6-8-27-31(26,30-12)28-9-13-15(23)16(24)17(29-13)22-7-5-14(20)21-18(22)25/h1-5,7,12-13,15-17,23-24H,6,8-9H2,(H2,20,21,25)/t12-,13-,15-,16+,17-,31?/m1/s1. The number of aliphatic hydroxyl groups excluding tert-OH is 2. The van der Waals surface area contributed by atoms with Gasteiger partial charge in [0.05, 0.1) is 19.3 Å². The number of aromatic nitrogens is 2. The highest BCUT2D eigenvalue weighted by atomic mass is 35.5. The number of aliphatic hydroxyl groups is 2. The van der Waals surface area contributed by atoms with Crippen LogP contribution in [0.1, 0.15) is 24.3 Å². The van der Waals surface area contributed by atoms with Gasteiger partial charge in [0.25, 0.3) is 0 Å². The summed E-state index contributed by atoms with van der Waals surface area (Å²) in [6.07, 6.45) is -3.96. The van der Waals surface area contributed by atoms with Gasteiger partial charge in [-0.15, -0.1) is 0 Å². The van der Waals surface area contributed by atoms with Gasteiger partial charge in [0.15, 0.2) is 6.23 Å². The zero-order valence-electron chi connectivity index (χ0n) is 16.1. The number of ether oxygens (including phenoxy) is 1. The third-order valence-corrected chi connectivity index (χ3v) is 6.72. The highest BCUT2D eigenvalue weighted by molar-refractivity contribution is 7.48. The van der Waals surface area contributed by atoms with E-state index in [9.17, 15) is 19.6 Å². The molecule has 0 spiro atoms. The van der Waals surface area contributed by atoms with Crippen LogP contribution in [-0.2, 0) is 22.9 Å². The number of hydrogen-bond donors (Lipinski definition) is 3. The fourth-order valence-electron chi connectivity index (χ4n) is 3.36. The van der Waals surface area contributed by atoms with Crippen molar-refractivity contribution >= 4 is 25.2 Å². The summed E-state index contributed by atoms with van der Waals surface area (Å²) in [6.45, 7) is -0.271. The van der Waals surface area contributed by atoms with Crippen molar-refractivity contribution in [3.05, 3.63) is 57.6 Å². The Morgan fingerprint density at radius 2 is 2.00 bits per heavy atom. The topological polar surface area (TPSA) is 155 Å². The minimum Gasteiger partial charge on any atom is -0.387 e. The first kappa shape index (κ1) is 22.4. The second-order valence-electron chi connectivity index (χ2n) is 7.10. The molecule has 2 aliphatic rings. The van der Waals surface area contributed by atoms with E-state index < -0.39 is 50.8 Å². The molecule has 6 atom stereocenters. The molecule has 0 radical (unpaired) electrons. The van der Waals surface area contributed by atoms with Crippen molar-refractivity contribution in [1.82, 2.24) is 9.55 Å². The summed E-state index contributed by atoms with van der Waals surface area (Å²) >= 11 is 5.89. The average molecular weight is 474 g/mol. The van der Waals surface area contributed by atoms with E-state index in [-0.39, 0.29) is 12.4 Å². The molecule has 0 bridgehead atoms. The molecule has 2 fully saturated rings. The number of nitrogen functional groups attached to an aromatic ring is 1. The molecule has 2 aliphatic heterocycles. The maximum Gasteiger partial charge on any atom is 0.475 e. The van der Waals surface area contributed by atoms with Crippen LogP contribution in [-0.4, -0.2) is 51.3 Å². The monoisotopic (exact) mass is 473 g/mol. The summed E-state index contributed by atoms with van der Waals surface area (Å²) in [5, 5.41) is 21.2. The maximum atomic E-state index is 12.9. The van der Waals surface area contributed by atoms with E-state index in [0.717, 1.165) is 10.1 Å². The lowest BCUT2D eigenvalue weighted by molar-refractivity contribution is -0.0609. The van der Waals surface area contributed by atoms with E-state index >= 15 is 0 Å². The SMILES string of the molecule is Nc1ccn([C@@H]2O[C@H](COP3(=O)OCC[C@H](c4ccc(Cl)cc4)O3)[C@@H](O)[C@@H]2O)c(=O)n1. The second kappa shape index (κ2) is 8.97. The van der Waals surface area contributed by atoms with E-state index in [1.165, 1.54) is 12.3 Å². The van der Waals surface area contributed by atoms with Crippen LogP contribution in [0.3, 0.4) is 0 Å². The van der Waals surface area contributed by atoms with Crippen LogP contribution >= 0.6 is 19.4 Å². The molecule has 4 N–H and O–H groups in total. The normalized spacial score (nSPS) is 33.5. The first-order valence-electron chi connectivity index (χ1n) is 9.45. The number of anilines is 1. The molecular weight excluding hydrogens is 453 g/mol. The minimum atomic E-state index is -3.96. The number of rotatable bonds is 5.